The summed E-state index contributed by atoms with van der Waals surface area (Å²) in [7, 11) is 0. The third-order valence-electron chi connectivity index (χ3n) is 2.02. The molecule has 0 aliphatic rings. The minimum absolute atomic E-state index is 0.355. The molecular weight excluding hydrogens is 176 g/mol. The van der Waals surface area contributed by atoms with Crippen molar-refractivity contribution in [3.05, 3.63) is 0 Å². The summed E-state index contributed by atoms with van der Waals surface area (Å²) in [5, 5.41) is 16.6. The van der Waals surface area contributed by atoms with Crippen molar-refractivity contribution in [3.63, 3.8) is 0 Å². The first-order valence-electron chi connectivity index (χ1n) is 6.05. The average molecular weight is 204 g/mol. The molecule has 0 bridgehead atoms. The van der Waals surface area contributed by atoms with E-state index in [4.69, 9.17) is 10.2 Å². The smallest absolute Gasteiger partial charge is 0.0431 e. The van der Waals surface area contributed by atoms with Gasteiger partial charge in [-0.05, 0) is 12.8 Å². The van der Waals surface area contributed by atoms with Crippen LogP contribution in [0.5, 0.6) is 0 Å². The lowest BCUT2D eigenvalue weighted by Gasteiger charge is -1.93. The van der Waals surface area contributed by atoms with Crippen LogP contribution in [0.3, 0.4) is 0 Å². The van der Waals surface area contributed by atoms with E-state index < -0.39 is 0 Å². The molecule has 88 valence electrons. The van der Waals surface area contributed by atoms with Crippen LogP contribution in [0.25, 0.3) is 0 Å². The maximum Gasteiger partial charge on any atom is 0.0431 e. The molecular formula is C12H28O2. The van der Waals surface area contributed by atoms with Crippen molar-refractivity contribution < 1.29 is 10.2 Å². The molecule has 0 spiro atoms. The number of rotatable bonds is 8. The summed E-state index contributed by atoms with van der Waals surface area (Å²) in [5.41, 5.74) is 0. The molecule has 2 N–H and O–H groups in total. The van der Waals surface area contributed by atoms with Crippen LogP contribution in [0.2, 0.25) is 0 Å². The third-order valence-corrected chi connectivity index (χ3v) is 2.02. The molecule has 0 aliphatic carbocycles. The Kier molecular flexibility index (Phi) is 21.8. The molecule has 0 saturated carbocycles. The average Bonchev–Trinajstić information content (AvgIpc) is 2.22. The van der Waals surface area contributed by atoms with Crippen LogP contribution < -0.4 is 0 Å². The van der Waals surface area contributed by atoms with Crippen molar-refractivity contribution in [1.29, 1.82) is 0 Å². The Bertz CT molecular complexity index is 64.7. The van der Waals surface area contributed by atoms with E-state index in [2.05, 4.69) is 13.8 Å². The van der Waals surface area contributed by atoms with Gasteiger partial charge in [0.25, 0.3) is 0 Å². The summed E-state index contributed by atoms with van der Waals surface area (Å²) >= 11 is 0. The first-order valence-corrected chi connectivity index (χ1v) is 6.05. The van der Waals surface area contributed by atoms with Crippen molar-refractivity contribution in [2.24, 2.45) is 0 Å². The molecule has 0 aromatic heterocycles. The van der Waals surface area contributed by atoms with Crippen LogP contribution >= 0.6 is 0 Å². The van der Waals surface area contributed by atoms with Gasteiger partial charge in [0.05, 0.1) is 0 Å². The molecule has 0 amide bonds. The first kappa shape index (κ1) is 16.4. The Hall–Kier alpha value is -0.0800. The Morgan fingerprint density at radius 3 is 1.29 bits per heavy atom. The quantitative estimate of drug-likeness (QED) is 0.596. The van der Waals surface area contributed by atoms with Gasteiger partial charge in [0.2, 0.25) is 0 Å². The molecule has 0 heterocycles. The Labute approximate surface area is 89.3 Å². The van der Waals surface area contributed by atoms with Crippen LogP contribution in [0.4, 0.5) is 0 Å². The molecule has 0 rings (SSSR count). The summed E-state index contributed by atoms with van der Waals surface area (Å²) in [5.74, 6) is 0. The highest BCUT2D eigenvalue weighted by Crippen LogP contribution is 2.00. The molecule has 0 fully saturated rings. The van der Waals surface area contributed by atoms with Gasteiger partial charge in [-0.25, -0.2) is 0 Å². The SMILES string of the molecule is CCCCCCCO.CCCCCO. The Balaban J connectivity index is 0. The van der Waals surface area contributed by atoms with Gasteiger partial charge in [-0.2, -0.15) is 0 Å². The lowest BCUT2D eigenvalue weighted by atomic mass is 10.2. The second-order valence-electron chi connectivity index (χ2n) is 3.57. The number of aliphatic hydroxyl groups excluding tert-OH is 2. The van der Waals surface area contributed by atoms with Crippen LogP contribution in [0.15, 0.2) is 0 Å². The van der Waals surface area contributed by atoms with E-state index in [1.54, 1.807) is 0 Å². The normalized spacial score (nSPS) is 9.43. The fourth-order valence-electron chi connectivity index (χ4n) is 1.08. The van der Waals surface area contributed by atoms with Gasteiger partial charge in [-0.1, -0.05) is 52.4 Å². The fourth-order valence-corrected chi connectivity index (χ4v) is 1.08. The molecule has 0 radical (unpaired) electrons. The summed E-state index contributed by atoms with van der Waals surface area (Å²) in [6, 6.07) is 0. The van der Waals surface area contributed by atoms with E-state index >= 15 is 0 Å². The van der Waals surface area contributed by atoms with Crippen LogP contribution in [-0.4, -0.2) is 23.4 Å². The number of unbranched alkanes of at least 4 members (excludes halogenated alkanes) is 6. The minimum Gasteiger partial charge on any atom is -0.396 e. The first-order chi connectivity index (χ1) is 6.83. The van der Waals surface area contributed by atoms with E-state index in [0.29, 0.717) is 13.2 Å². The molecule has 2 nitrogen and oxygen atoms in total. The third kappa shape index (κ3) is 22.7. The largest absolute Gasteiger partial charge is 0.396 e. The lowest BCUT2D eigenvalue weighted by molar-refractivity contribution is 0.282. The topological polar surface area (TPSA) is 40.5 Å². The summed E-state index contributed by atoms with van der Waals surface area (Å²) in [6.07, 6.45) is 9.40. The number of aliphatic hydroxyl groups is 2. The van der Waals surface area contributed by atoms with Crippen molar-refractivity contribution in [1.82, 2.24) is 0 Å². The summed E-state index contributed by atoms with van der Waals surface area (Å²) in [6.45, 7) is 5.03. The van der Waals surface area contributed by atoms with Gasteiger partial charge in [-0.15, -0.1) is 0 Å². The van der Waals surface area contributed by atoms with Gasteiger partial charge >= 0.3 is 0 Å². The molecule has 14 heavy (non-hydrogen) atoms. The van der Waals surface area contributed by atoms with Gasteiger partial charge in [-0.3, -0.25) is 0 Å². The highest BCUT2D eigenvalue weighted by molar-refractivity contribution is 4.39. The zero-order chi connectivity index (χ0) is 11.1. The zero-order valence-corrected chi connectivity index (χ0v) is 9.97. The van der Waals surface area contributed by atoms with Gasteiger partial charge in [0.1, 0.15) is 0 Å². The second-order valence-corrected chi connectivity index (χ2v) is 3.57. The number of hydrogen-bond donors (Lipinski definition) is 2. The van der Waals surface area contributed by atoms with Crippen LogP contribution in [-0.2, 0) is 0 Å². The standard InChI is InChI=1S/C7H16O.C5H12O/c1-2-3-4-5-6-7-8;1-2-3-4-5-6/h8H,2-7H2,1H3;6H,2-5H2,1H3. The molecule has 0 atom stereocenters. The van der Waals surface area contributed by atoms with E-state index in [0.717, 1.165) is 19.3 Å². The van der Waals surface area contributed by atoms with Crippen LogP contribution in [0.1, 0.15) is 65.2 Å². The second kappa shape index (κ2) is 18.7. The minimum atomic E-state index is 0.355. The predicted molar refractivity (Wildman–Crippen MR) is 62.5 cm³/mol. The maximum absolute atomic E-state index is 8.37. The number of hydrogen-bond acceptors (Lipinski definition) is 2. The maximum atomic E-state index is 8.37. The molecule has 0 saturated heterocycles. The molecule has 0 unspecified atom stereocenters. The van der Waals surface area contributed by atoms with E-state index in [1.165, 1.54) is 32.1 Å². The van der Waals surface area contributed by atoms with Crippen molar-refractivity contribution in [2.45, 2.75) is 65.2 Å². The zero-order valence-electron chi connectivity index (χ0n) is 9.97. The van der Waals surface area contributed by atoms with Crippen molar-refractivity contribution >= 4 is 0 Å². The predicted octanol–water partition coefficient (Wildman–Crippen LogP) is 3.12. The van der Waals surface area contributed by atoms with Crippen molar-refractivity contribution in [3.8, 4) is 0 Å². The van der Waals surface area contributed by atoms with Gasteiger partial charge in [0.15, 0.2) is 0 Å². The Morgan fingerprint density at radius 2 is 0.929 bits per heavy atom. The summed E-state index contributed by atoms with van der Waals surface area (Å²) < 4.78 is 0. The van der Waals surface area contributed by atoms with Gasteiger partial charge < -0.3 is 10.2 Å². The molecule has 2 heteroatoms. The fraction of sp³-hybridized carbons (Fsp3) is 1.00. The van der Waals surface area contributed by atoms with Crippen molar-refractivity contribution in [2.75, 3.05) is 13.2 Å². The monoisotopic (exact) mass is 204 g/mol. The van der Waals surface area contributed by atoms with E-state index in [1.807, 2.05) is 0 Å². The highest BCUT2D eigenvalue weighted by atomic mass is 16.3. The van der Waals surface area contributed by atoms with Gasteiger partial charge in [0, 0.05) is 13.2 Å². The Morgan fingerprint density at radius 1 is 0.571 bits per heavy atom. The molecule has 0 aliphatic heterocycles. The lowest BCUT2D eigenvalue weighted by Crippen LogP contribution is -1.81. The summed E-state index contributed by atoms with van der Waals surface area (Å²) in [4.78, 5) is 0. The molecule has 0 aromatic carbocycles. The van der Waals surface area contributed by atoms with Crippen LogP contribution in [0, 0.1) is 0 Å². The molecule has 0 aromatic rings. The van der Waals surface area contributed by atoms with E-state index in [-0.39, 0.29) is 0 Å². The highest BCUT2D eigenvalue weighted by Gasteiger charge is 1.84. The van der Waals surface area contributed by atoms with E-state index in [9.17, 15) is 0 Å².